The van der Waals surface area contributed by atoms with Crippen molar-refractivity contribution in [3.05, 3.63) is 34.3 Å². The average Bonchev–Trinajstić information content (AvgIpc) is 2.38. The van der Waals surface area contributed by atoms with E-state index in [0.29, 0.717) is 5.92 Å². The molecule has 1 heterocycles. The molecule has 1 aromatic rings. The van der Waals surface area contributed by atoms with Gasteiger partial charge in [-0.1, -0.05) is 22.0 Å². The third-order valence-corrected chi connectivity index (χ3v) is 3.80. The molecular formula is C13H17BrN2O. The monoisotopic (exact) mass is 296 g/mol. The fraction of sp³-hybridized carbons (Fsp3) is 0.462. The molecular weight excluding hydrogens is 280 g/mol. The minimum atomic E-state index is 0.127. The van der Waals surface area contributed by atoms with E-state index in [-0.39, 0.29) is 5.91 Å². The molecule has 17 heavy (non-hydrogen) atoms. The van der Waals surface area contributed by atoms with E-state index in [1.54, 1.807) is 0 Å². The van der Waals surface area contributed by atoms with E-state index in [9.17, 15) is 4.79 Å². The minimum absolute atomic E-state index is 0.127. The summed E-state index contributed by atoms with van der Waals surface area (Å²) in [6.45, 7) is 2.39. The number of benzene rings is 1. The van der Waals surface area contributed by atoms with Gasteiger partial charge in [0.15, 0.2) is 0 Å². The molecule has 1 aliphatic heterocycles. The Hall–Kier alpha value is -0.870. The van der Waals surface area contributed by atoms with E-state index in [4.69, 9.17) is 5.73 Å². The van der Waals surface area contributed by atoms with Gasteiger partial charge in [-0.15, -0.1) is 0 Å². The molecule has 92 valence electrons. The molecule has 1 saturated heterocycles. The van der Waals surface area contributed by atoms with Gasteiger partial charge in [-0.25, -0.2) is 0 Å². The Kier molecular flexibility index (Phi) is 4.18. The second-order valence-electron chi connectivity index (χ2n) is 4.48. The summed E-state index contributed by atoms with van der Waals surface area (Å²) in [5, 5.41) is 0. The Bertz CT molecular complexity index is 400. The molecule has 1 aromatic carbocycles. The van der Waals surface area contributed by atoms with Gasteiger partial charge in [0.2, 0.25) is 0 Å². The Labute approximate surface area is 110 Å². The quantitative estimate of drug-likeness (QED) is 0.910. The number of amides is 1. The molecule has 0 bridgehead atoms. The smallest absolute Gasteiger partial charge is 0.253 e. The van der Waals surface area contributed by atoms with Crippen LogP contribution in [0.4, 0.5) is 0 Å². The van der Waals surface area contributed by atoms with Crippen LogP contribution in [0, 0.1) is 5.92 Å². The number of nitrogens with zero attached hydrogens (tertiary/aromatic N) is 1. The first kappa shape index (κ1) is 12.6. The van der Waals surface area contributed by atoms with E-state index in [1.807, 2.05) is 29.2 Å². The topological polar surface area (TPSA) is 46.3 Å². The number of rotatable bonds is 2. The number of piperidine rings is 1. The molecule has 4 heteroatoms. The van der Waals surface area contributed by atoms with Crippen LogP contribution in [0.15, 0.2) is 28.7 Å². The van der Waals surface area contributed by atoms with Crippen molar-refractivity contribution in [2.24, 2.45) is 11.7 Å². The lowest BCUT2D eigenvalue weighted by Crippen LogP contribution is -2.40. The fourth-order valence-electron chi connectivity index (χ4n) is 2.18. The van der Waals surface area contributed by atoms with Crippen LogP contribution in [0.3, 0.4) is 0 Å². The summed E-state index contributed by atoms with van der Waals surface area (Å²) in [5.41, 5.74) is 6.40. The van der Waals surface area contributed by atoms with Crippen LogP contribution >= 0.6 is 15.9 Å². The molecule has 0 unspecified atom stereocenters. The number of carbonyl (C=O) groups is 1. The van der Waals surface area contributed by atoms with Crippen molar-refractivity contribution in [2.45, 2.75) is 12.8 Å². The van der Waals surface area contributed by atoms with E-state index in [0.717, 1.165) is 42.5 Å². The van der Waals surface area contributed by atoms with E-state index >= 15 is 0 Å². The first-order valence-corrected chi connectivity index (χ1v) is 6.75. The normalized spacial score (nSPS) is 17.2. The van der Waals surface area contributed by atoms with Gasteiger partial charge < -0.3 is 10.6 Å². The molecule has 1 aliphatic rings. The summed E-state index contributed by atoms with van der Waals surface area (Å²) in [4.78, 5) is 14.1. The number of carbonyl (C=O) groups excluding carboxylic acids is 1. The summed E-state index contributed by atoms with van der Waals surface area (Å²) in [6, 6.07) is 7.56. The van der Waals surface area contributed by atoms with Crippen LogP contribution < -0.4 is 5.73 Å². The second-order valence-corrected chi connectivity index (χ2v) is 5.40. The van der Waals surface area contributed by atoms with Crippen molar-refractivity contribution in [1.29, 1.82) is 0 Å². The van der Waals surface area contributed by atoms with Gasteiger partial charge in [-0.3, -0.25) is 4.79 Å². The number of nitrogens with two attached hydrogens (primary N) is 1. The molecule has 1 amide bonds. The maximum atomic E-state index is 12.2. The van der Waals surface area contributed by atoms with Crippen LogP contribution in [0.25, 0.3) is 0 Å². The van der Waals surface area contributed by atoms with E-state index < -0.39 is 0 Å². The molecule has 2 rings (SSSR count). The molecule has 0 aliphatic carbocycles. The predicted molar refractivity (Wildman–Crippen MR) is 71.8 cm³/mol. The van der Waals surface area contributed by atoms with Crippen LogP contribution in [0.2, 0.25) is 0 Å². The Morgan fingerprint density at radius 3 is 2.71 bits per heavy atom. The summed E-state index contributed by atoms with van der Waals surface area (Å²) < 4.78 is 0.945. The fourth-order valence-corrected chi connectivity index (χ4v) is 2.58. The molecule has 0 saturated carbocycles. The Morgan fingerprint density at radius 2 is 2.12 bits per heavy atom. The number of halogens is 1. The maximum absolute atomic E-state index is 12.2. The maximum Gasteiger partial charge on any atom is 0.253 e. The zero-order chi connectivity index (χ0) is 12.3. The van der Waals surface area contributed by atoms with Gasteiger partial charge in [0.25, 0.3) is 5.91 Å². The molecule has 0 radical (unpaired) electrons. The third kappa shape index (κ3) is 3.07. The predicted octanol–water partition coefficient (Wildman–Crippen LogP) is 2.26. The highest BCUT2D eigenvalue weighted by molar-refractivity contribution is 9.10. The molecule has 0 aromatic heterocycles. The van der Waals surface area contributed by atoms with Crippen molar-refractivity contribution >= 4 is 21.8 Å². The van der Waals surface area contributed by atoms with Gasteiger partial charge in [0.1, 0.15) is 0 Å². The average molecular weight is 297 g/mol. The highest BCUT2D eigenvalue weighted by atomic mass is 79.9. The number of hydrogen-bond acceptors (Lipinski definition) is 2. The van der Waals surface area contributed by atoms with Crippen molar-refractivity contribution in [2.75, 3.05) is 19.6 Å². The van der Waals surface area contributed by atoms with Crippen molar-refractivity contribution in [1.82, 2.24) is 4.90 Å². The van der Waals surface area contributed by atoms with E-state index in [1.165, 1.54) is 0 Å². The Balaban J connectivity index is 2.02. The second kappa shape index (κ2) is 5.65. The zero-order valence-electron chi connectivity index (χ0n) is 9.73. The van der Waals surface area contributed by atoms with Crippen molar-refractivity contribution in [3.8, 4) is 0 Å². The highest BCUT2D eigenvalue weighted by Gasteiger charge is 2.22. The van der Waals surface area contributed by atoms with Crippen LogP contribution in [-0.2, 0) is 0 Å². The molecule has 1 fully saturated rings. The zero-order valence-corrected chi connectivity index (χ0v) is 11.3. The largest absolute Gasteiger partial charge is 0.339 e. The van der Waals surface area contributed by atoms with Crippen LogP contribution in [0.1, 0.15) is 23.2 Å². The van der Waals surface area contributed by atoms with E-state index in [2.05, 4.69) is 15.9 Å². The Morgan fingerprint density at radius 1 is 1.41 bits per heavy atom. The SMILES string of the molecule is NCC1CCN(C(=O)c2cccc(Br)c2)CC1. The standard InChI is InChI=1S/C13H17BrN2O/c14-12-3-1-2-11(8-12)13(17)16-6-4-10(9-15)5-7-16/h1-3,8,10H,4-7,9,15H2. The summed E-state index contributed by atoms with van der Waals surface area (Å²) >= 11 is 3.39. The molecule has 0 atom stereocenters. The van der Waals surface area contributed by atoms with Gasteiger partial charge >= 0.3 is 0 Å². The first-order chi connectivity index (χ1) is 8.20. The number of likely N-dealkylation sites (tertiary alicyclic amines) is 1. The molecule has 2 N–H and O–H groups in total. The summed E-state index contributed by atoms with van der Waals surface area (Å²) in [6.07, 6.45) is 2.05. The lowest BCUT2D eigenvalue weighted by atomic mass is 9.96. The first-order valence-electron chi connectivity index (χ1n) is 5.95. The summed E-state index contributed by atoms with van der Waals surface area (Å²) in [7, 11) is 0. The van der Waals surface area contributed by atoms with Crippen molar-refractivity contribution < 1.29 is 4.79 Å². The lowest BCUT2D eigenvalue weighted by Gasteiger charge is -2.31. The highest BCUT2D eigenvalue weighted by Crippen LogP contribution is 2.19. The van der Waals surface area contributed by atoms with Crippen LogP contribution in [0.5, 0.6) is 0 Å². The van der Waals surface area contributed by atoms with Crippen LogP contribution in [-0.4, -0.2) is 30.4 Å². The molecule has 0 spiro atoms. The van der Waals surface area contributed by atoms with Gasteiger partial charge in [0.05, 0.1) is 0 Å². The number of hydrogen-bond donors (Lipinski definition) is 1. The van der Waals surface area contributed by atoms with Gasteiger partial charge in [-0.05, 0) is 43.5 Å². The van der Waals surface area contributed by atoms with Crippen molar-refractivity contribution in [3.63, 3.8) is 0 Å². The third-order valence-electron chi connectivity index (χ3n) is 3.31. The van der Waals surface area contributed by atoms with Gasteiger partial charge in [-0.2, -0.15) is 0 Å². The molecule has 3 nitrogen and oxygen atoms in total. The minimum Gasteiger partial charge on any atom is -0.339 e. The summed E-state index contributed by atoms with van der Waals surface area (Å²) in [5.74, 6) is 0.711. The lowest BCUT2D eigenvalue weighted by molar-refractivity contribution is 0.0693. The van der Waals surface area contributed by atoms with Gasteiger partial charge in [0, 0.05) is 23.1 Å².